The largest absolute Gasteiger partial charge is 0.491 e. The first-order valence-corrected chi connectivity index (χ1v) is 9.90. The molecule has 29 heavy (non-hydrogen) atoms. The molecule has 3 rings (SSSR count). The van der Waals surface area contributed by atoms with Gasteiger partial charge in [0.05, 0.1) is 11.0 Å². The molecule has 1 unspecified atom stereocenters. The first-order valence-electron chi connectivity index (χ1n) is 9.90. The predicted octanol–water partition coefficient (Wildman–Crippen LogP) is 2.93. The zero-order chi connectivity index (χ0) is 20.9. The molecule has 1 atom stereocenters. The maximum atomic E-state index is 10.8. The van der Waals surface area contributed by atoms with Crippen LogP contribution in [-0.4, -0.2) is 64.3 Å². The van der Waals surface area contributed by atoms with Crippen molar-refractivity contribution in [2.24, 2.45) is 0 Å². The minimum absolute atomic E-state index is 0.00525. The van der Waals surface area contributed by atoms with Crippen molar-refractivity contribution in [2.75, 3.05) is 32.8 Å². The third-order valence-corrected chi connectivity index (χ3v) is 5.31. The van der Waals surface area contributed by atoms with E-state index >= 15 is 0 Å². The third-order valence-electron chi connectivity index (χ3n) is 5.31. The van der Waals surface area contributed by atoms with Gasteiger partial charge in [0, 0.05) is 44.3 Å². The van der Waals surface area contributed by atoms with Gasteiger partial charge < -0.3 is 9.84 Å². The molecule has 0 aliphatic carbocycles. The Hall–Kier alpha value is -2.48. The number of non-ortho nitro benzene ring substituents is 1. The molecule has 0 bridgehead atoms. The highest BCUT2D eigenvalue weighted by Gasteiger charge is 2.34. The summed E-state index contributed by atoms with van der Waals surface area (Å²) in [5.41, 5.74) is 1.28. The fourth-order valence-electron chi connectivity index (χ4n) is 3.77. The molecule has 1 fully saturated rings. The molecular weight excluding hydrogens is 370 g/mol. The van der Waals surface area contributed by atoms with E-state index in [1.807, 2.05) is 6.07 Å². The van der Waals surface area contributed by atoms with Crippen molar-refractivity contribution in [3.05, 3.63) is 70.3 Å². The second-order valence-corrected chi connectivity index (χ2v) is 8.17. The Kier molecular flexibility index (Phi) is 6.84. The summed E-state index contributed by atoms with van der Waals surface area (Å²) < 4.78 is 5.56. The van der Waals surface area contributed by atoms with Crippen LogP contribution < -0.4 is 4.74 Å². The van der Waals surface area contributed by atoms with E-state index in [2.05, 4.69) is 47.9 Å². The Morgan fingerprint density at radius 2 is 1.93 bits per heavy atom. The number of aliphatic hydroxyl groups is 1. The number of rotatable bonds is 8. The predicted molar refractivity (Wildman–Crippen MR) is 112 cm³/mol. The molecule has 7 nitrogen and oxygen atoms in total. The number of ether oxygens (including phenoxy) is 1. The summed E-state index contributed by atoms with van der Waals surface area (Å²) in [5, 5.41) is 21.2. The molecule has 0 aromatic heterocycles. The standard InChI is InChI=1S/C22H29N3O4/c1-22(2)17-23(11-12-24(22)14-18-7-4-3-5-8-18)15-20(26)16-29-21-10-6-9-19(13-21)25(27)28/h3-10,13,20,26H,11-12,14-17H2,1-2H3. The average Bonchev–Trinajstić information content (AvgIpc) is 2.69. The van der Waals surface area contributed by atoms with Crippen molar-refractivity contribution in [3.63, 3.8) is 0 Å². The molecule has 1 N–H and O–H groups in total. The highest BCUT2D eigenvalue weighted by Crippen LogP contribution is 2.24. The number of hydrogen-bond donors (Lipinski definition) is 1. The Labute approximate surface area is 171 Å². The van der Waals surface area contributed by atoms with Crippen molar-refractivity contribution in [1.82, 2.24) is 9.80 Å². The van der Waals surface area contributed by atoms with E-state index in [-0.39, 0.29) is 17.8 Å². The van der Waals surface area contributed by atoms with E-state index in [1.165, 1.54) is 17.7 Å². The summed E-state index contributed by atoms with van der Waals surface area (Å²) >= 11 is 0. The van der Waals surface area contributed by atoms with Gasteiger partial charge in [0.1, 0.15) is 18.5 Å². The highest BCUT2D eigenvalue weighted by atomic mass is 16.6. The van der Waals surface area contributed by atoms with Crippen LogP contribution >= 0.6 is 0 Å². The first-order chi connectivity index (χ1) is 13.8. The van der Waals surface area contributed by atoms with Gasteiger partial charge in [0.15, 0.2) is 0 Å². The monoisotopic (exact) mass is 399 g/mol. The second-order valence-electron chi connectivity index (χ2n) is 8.17. The first kappa shape index (κ1) is 21.2. The normalized spacial score (nSPS) is 18.3. The number of nitro groups is 1. The van der Waals surface area contributed by atoms with Gasteiger partial charge in [-0.3, -0.25) is 19.9 Å². The maximum absolute atomic E-state index is 10.8. The summed E-state index contributed by atoms with van der Waals surface area (Å²) in [6.07, 6.45) is -0.661. The Morgan fingerprint density at radius 3 is 2.62 bits per heavy atom. The van der Waals surface area contributed by atoms with Crippen LogP contribution in [0.4, 0.5) is 5.69 Å². The van der Waals surface area contributed by atoms with Gasteiger partial charge in [0.25, 0.3) is 5.69 Å². The van der Waals surface area contributed by atoms with Gasteiger partial charge >= 0.3 is 0 Å². The van der Waals surface area contributed by atoms with E-state index in [0.29, 0.717) is 12.3 Å². The van der Waals surface area contributed by atoms with Gasteiger partial charge in [-0.15, -0.1) is 0 Å². The van der Waals surface area contributed by atoms with Crippen molar-refractivity contribution >= 4 is 5.69 Å². The number of hydrogen-bond acceptors (Lipinski definition) is 6. The van der Waals surface area contributed by atoms with Gasteiger partial charge in [-0.25, -0.2) is 0 Å². The molecule has 2 aromatic carbocycles. The Bertz CT molecular complexity index is 813. The number of aliphatic hydroxyl groups excluding tert-OH is 1. The highest BCUT2D eigenvalue weighted by molar-refractivity contribution is 5.37. The van der Waals surface area contributed by atoms with E-state index in [1.54, 1.807) is 12.1 Å². The van der Waals surface area contributed by atoms with Crippen LogP contribution in [0.2, 0.25) is 0 Å². The average molecular weight is 399 g/mol. The third kappa shape index (κ3) is 6.00. The smallest absolute Gasteiger partial charge is 0.273 e. The molecule has 1 aliphatic heterocycles. The number of benzene rings is 2. The summed E-state index contributed by atoms with van der Waals surface area (Å²) in [7, 11) is 0. The number of nitrogens with zero attached hydrogens (tertiary/aromatic N) is 3. The van der Waals surface area contributed by atoms with Crippen LogP contribution in [0.3, 0.4) is 0 Å². The van der Waals surface area contributed by atoms with E-state index in [0.717, 1.165) is 26.2 Å². The van der Waals surface area contributed by atoms with Crippen molar-refractivity contribution in [3.8, 4) is 5.75 Å². The van der Waals surface area contributed by atoms with Crippen molar-refractivity contribution in [1.29, 1.82) is 0 Å². The molecule has 2 aromatic rings. The zero-order valence-electron chi connectivity index (χ0n) is 17.0. The molecule has 0 amide bonds. The topological polar surface area (TPSA) is 79.1 Å². The lowest BCUT2D eigenvalue weighted by Crippen LogP contribution is -2.59. The van der Waals surface area contributed by atoms with Crippen LogP contribution in [0.1, 0.15) is 19.4 Å². The quantitative estimate of drug-likeness (QED) is 0.543. The summed E-state index contributed by atoms with van der Waals surface area (Å²) in [5.74, 6) is 0.395. The lowest BCUT2D eigenvalue weighted by molar-refractivity contribution is -0.384. The molecular formula is C22H29N3O4. The molecule has 7 heteroatoms. The van der Waals surface area contributed by atoms with Crippen LogP contribution in [-0.2, 0) is 6.54 Å². The fraction of sp³-hybridized carbons (Fsp3) is 0.455. The Balaban J connectivity index is 1.48. The fourth-order valence-corrected chi connectivity index (χ4v) is 3.77. The van der Waals surface area contributed by atoms with Gasteiger partial charge in [-0.1, -0.05) is 36.4 Å². The summed E-state index contributed by atoms with van der Waals surface area (Å²) in [6.45, 7) is 8.66. The van der Waals surface area contributed by atoms with Crippen LogP contribution in [0.25, 0.3) is 0 Å². The number of β-amino-alcohol motifs (C(OH)–C–C–N with tert-alkyl or cyclic N) is 1. The number of nitro benzene ring substituents is 1. The van der Waals surface area contributed by atoms with Gasteiger partial charge in [-0.2, -0.15) is 0 Å². The summed E-state index contributed by atoms with van der Waals surface area (Å²) in [6, 6.07) is 16.5. The van der Waals surface area contributed by atoms with Crippen molar-refractivity contribution in [2.45, 2.75) is 32.0 Å². The van der Waals surface area contributed by atoms with Crippen LogP contribution in [0, 0.1) is 10.1 Å². The molecule has 1 saturated heterocycles. The minimum atomic E-state index is -0.661. The summed E-state index contributed by atoms with van der Waals surface area (Å²) in [4.78, 5) is 15.1. The Morgan fingerprint density at radius 1 is 1.17 bits per heavy atom. The van der Waals surface area contributed by atoms with E-state index < -0.39 is 11.0 Å². The molecule has 1 heterocycles. The maximum Gasteiger partial charge on any atom is 0.273 e. The van der Waals surface area contributed by atoms with Crippen molar-refractivity contribution < 1.29 is 14.8 Å². The lowest BCUT2D eigenvalue weighted by atomic mass is 9.97. The van der Waals surface area contributed by atoms with Gasteiger partial charge in [0.2, 0.25) is 0 Å². The second kappa shape index (κ2) is 9.35. The van der Waals surface area contributed by atoms with E-state index in [9.17, 15) is 15.2 Å². The SMILES string of the molecule is CC1(C)CN(CC(O)COc2cccc([N+](=O)[O-])c2)CCN1Cc1ccccc1. The zero-order valence-corrected chi connectivity index (χ0v) is 17.0. The van der Waals surface area contributed by atoms with Crippen LogP contribution in [0.15, 0.2) is 54.6 Å². The number of piperazine rings is 1. The molecule has 1 aliphatic rings. The molecule has 0 spiro atoms. The minimum Gasteiger partial charge on any atom is -0.491 e. The van der Waals surface area contributed by atoms with Gasteiger partial charge in [-0.05, 0) is 25.5 Å². The molecule has 0 saturated carbocycles. The van der Waals surface area contributed by atoms with Crippen LogP contribution in [0.5, 0.6) is 5.75 Å². The molecule has 156 valence electrons. The lowest BCUT2D eigenvalue weighted by Gasteiger charge is -2.47. The van der Waals surface area contributed by atoms with E-state index in [4.69, 9.17) is 4.74 Å². The molecule has 0 radical (unpaired) electrons.